The Bertz CT molecular complexity index is 265. The molecule has 5 heteroatoms. The number of rotatable bonds is 9. The summed E-state index contributed by atoms with van der Waals surface area (Å²) < 4.78 is 11.6. The molecule has 0 heterocycles. The number of hydrogen-bond acceptors (Lipinski definition) is 3. The fourth-order valence-corrected chi connectivity index (χ4v) is 2.45. The predicted molar refractivity (Wildman–Crippen MR) is 71.4 cm³/mol. The zero-order valence-electron chi connectivity index (χ0n) is 10.8. The van der Waals surface area contributed by atoms with Gasteiger partial charge in [-0.2, -0.15) is 0 Å². The van der Waals surface area contributed by atoms with Gasteiger partial charge in [-0.3, -0.25) is 9.00 Å². The minimum atomic E-state index is -1.00. The van der Waals surface area contributed by atoms with Crippen molar-refractivity contribution in [2.24, 2.45) is 5.92 Å². The van der Waals surface area contributed by atoms with E-state index in [0.29, 0.717) is 17.7 Å². The third-order valence-electron chi connectivity index (χ3n) is 2.51. The Morgan fingerprint density at radius 3 is 2.71 bits per heavy atom. The lowest BCUT2D eigenvalue weighted by atomic mass is 10.2. The summed E-state index contributed by atoms with van der Waals surface area (Å²) in [4.78, 5) is 11.4. The number of hydrogen-bond donors (Lipinski definition) is 2. The molecule has 17 heavy (non-hydrogen) atoms. The van der Waals surface area contributed by atoms with E-state index < -0.39 is 10.8 Å². The predicted octanol–water partition coefficient (Wildman–Crippen LogP) is 0.649. The van der Waals surface area contributed by atoms with Crippen LogP contribution in [0.2, 0.25) is 0 Å². The first-order valence-corrected chi connectivity index (χ1v) is 7.91. The van der Waals surface area contributed by atoms with E-state index in [1.165, 1.54) is 0 Å². The van der Waals surface area contributed by atoms with Crippen molar-refractivity contribution in [2.75, 3.05) is 24.6 Å². The van der Waals surface area contributed by atoms with Gasteiger partial charge in [0.05, 0.1) is 0 Å². The highest BCUT2D eigenvalue weighted by Gasteiger charge is 2.23. The largest absolute Gasteiger partial charge is 0.353 e. The second-order valence-corrected chi connectivity index (χ2v) is 6.66. The quantitative estimate of drug-likeness (QED) is 0.599. The number of nitrogens with one attached hydrogen (secondary N) is 2. The molecule has 0 saturated heterocycles. The molecule has 0 aromatic rings. The van der Waals surface area contributed by atoms with Crippen molar-refractivity contribution in [1.29, 1.82) is 0 Å². The van der Waals surface area contributed by atoms with Gasteiger partial charge in [0.1, 0.15) is 5.75 Å². The molecule has 1 unspecified atom stereocenters. The van der Waals surface area contributed by atoms with Gasteiger partial charge in [0.25, 0.3) is 0 Å². The average Bonchev–Trinajstić information content (AvgIpc) is 3.00. The molecule has 2 N–H and O–H groups in total. The molecule has 1 fully saturated rings. The van der Waals surface area contributed by atoms with Crippen LogP contribution >= 0.6 is 0 Å². The molecule has 4 nitrogen and oxygen atoms in total. The van der Waals surface area contributed by atoms with Crippen molar-refractivity contribution in [3.8, 4) is 0 Å². The third-order valence-corrected chi connectivity index (χ3v) is 3.84. The Balaban J connectivity index is 1.94. The van der Waals surface area contributed by atoms with Crippen LogP contribution < -0.4 is 10.6 Å². The van der Waals surface area contributed by atoms with Gasteiger partial charge >= 0.3 is 0 Å². The molecule has 1 atom stereocenters. The van der Waals surface area contributed by atoms with Crippen molar-refractivity contribution in [3.63, 3.8) is 0 Å². The molecule has 100 valence electrons. The molecule has 0 spiro atoms. The summed E-state index contributed by atoms with van der Waals surface area (Å²) in [5, 5.41) is 6.15. The van der Waals surface area contributed by atoms with Crippen LogP contribution in [0.1, 0.15) is 33.1 Å². The van der Waals surface area contributed by atoms with Crippen LogP contribution in [0.15, 0.2) is 0 Å². The Kier molecular flexibility index (Phi) is 6.73. The molecule has 0 aromatic carbocycles. The first-order chi connectivity index (χ1) is 8.08. The van der Waals surface area contributed by atoms with Gasteiger partial charge in [-0.05, 0) is 38.3 Å². The minimum absolute atomic E-state index is 0.0547. The summed E-state index contributed by atoms with van der Waals surface area (Å²) in [6, 6.07) is 0.368. The maximum Gasteiger partial charge on any atom is 0.232 e. The zero-order valence-corrected chi connectivity index (χ0v) is 11.6. The SMILES string of the molecule is CC(C)CNCCCS(=O)CC(=O)NC1CC1. The van der Waals surface area contributed by atoms with E-state index in [-0.39, 0.29) is 11.7 Å². The number of carbonyl (C=O) groups excluding carboxylic acids is 1. The van der Waals surface area contributed by atoms with E-state index in [0.717, 1.165) is 32.4 Å². The summed E-state index contributed by atoms with van der Waals surface area (Å²) >= 11 is 0. The molecule has 0 aromatic heterocycles. The summed E-state index contributed by atoms with van der Waals surface area (Å²) in [5.41, 5.74) is 0. The van der Waals surface area contributed by atoms with Gasteiger partial charge in [-0.15, -0.1) is 0 Å². The summed E-state index contributed by atoms with van der Waals surface area (Å²) in [5.74, 6) is 1.37. The highest BCUT2D eigenvalue weighted by molar-refractivity contribution is 7.85. The zero-order chi connectivity index (χ0) is 12.7. The molecule has 0 aliphatic heterocycles. The van der Waals surface area contributed by atoms with Crippen LogP contribution in [-0.4, -0.2) is 40.8 Å². The van der Waals surface area contributed by atoms with Crippen LogP contribution in [0.5, 0.6) is 0 Å². The Morgan fingerprint density at radius 2 is 2.12 bits per heavy atom. The van der Waals surface area contributed by atoms with Gasteiger partial charge in [-0.1, -0.05) is 13.8 Å². The van der Waals surface area contributed by atoms with Crippen molar-refractivity contribution >= 4 is 16.7 Å². The van der Waals surface area contributed by atoms with Gasteiger partial charge in [0, 0.05) is 22.6 Å². The summed E-state index contributed by atoms with van der Waals surface area (Å²) in [7, 11) is -1.00. The fourth-order valence-electron chi connectivity index (χ4n) is 1.46. The highest BCUT2D eigenvalue weighted by Crippen LogP contribution is 2.18. The molecular weight excluding hydrogens is 236 g/mol. The molecule has 1 aliphatic carbocycles. The number of amides is 1. The summed E-state index contributed by atoms with van der Waals surface area (Å²) in [6.45, 7) is 6.20. The monoisotopic (exact) mass is 260 g/mol. The van der Waals surface area contributed by atoms with E-state index >= 15 is 0 Å². The van der Waals surface area contributed by atoms with E-state index in [4.69, 9.17) is 0 Å². The van der Waals surface area contributed by atoms with E-state index in [1.807, 2.05) is 0 Å². The second kappa shape index (κ2) is 7.82. The number of carbonyl (C=O) groups is 1. The first kappa shape index (κ1) is 14.6. The molecule has 1 saturated carbocycles. The molecule has 1 aliphatic rings. The normalized spacial score (nSPS) is 17.1. The molecule has 1 amide bonds. The van der Waals surface area contributed by atoms with Gasteiger partial charge in [0.2, 0.25) is 5.91 Å². The Morgan fingerprint density at radius 1 is 1.41 bits per heavy atom. The smallest absolute Gasteiger partial charge is 0.232 e. The lowest BCUT2D eigenvalue weighted by Crippen LogP contribution is -2.31. The minimum Gasteiger partial charge on any atom is -0.353 e. The van der Waals surface area contributed by atoms with Crippen LogP contribution in [-0.2, 0) is 15.6 Å². The van der Waals surface area contributed by atoms with Crippen LogP contribution in [0.25, 0.3) is 0 Å². The van der Waals surface area contributed by atoms with Crippen LogP contribution in [0.3, 0.4) is 0 Å². The maximum absolute atomic E-state index is 11.6. The topological polar surface area (TPSA) is 58.2 Å². The lowest BCUT2D eigenvalue weighted by Gasteiger charge is -2.07. The van der Waals surface area contributed by atoms with Crippen molar-refractivity contribution < 1.29 is 9.00 Å². The van der Waals surface area contributed by atoms with Crippen LogP contribution in [0.4, 0.5) is 0 Å². The summed E-state index contributed by atoms with van der Waals surface area (Å²) in [6.07, 6.45) is 3.03. The van der Waals surface area contributed by atoms with Gasteiger partial charge in [-0.25, -0.2) is 0 Å². The highest BCUT2D eigenvalue weighted by atomic mass is 32.2. The van der Waals surface area contributed by atoms with Crippen molar-refractivity contribution in [1.82, 2.24) is 10.6 Å². The Labute approximate surface area is 106 Å². The molecular formula is C12H24N2O2S. The third kappa shape index (κ3) is 8.32. The second-order valence-electron chi connectivity index (χ2n) is 5.08. The molecule has 1 rings (SSSR count). The van der Waals surface area contributed by atoms with Crippen molar-refractivity contribution in [2.45, 2.75) is 39.2 Å². The maximum atomic E-state index is 11.6. The van der Waals surface area contributed by atoms with Crippen molar-refractivity contribution in [3.05, 3.63) is 0 Å². The standard InChI is InChI=1S/C12H24N2O2S/c1-10(2)8-13-6-3-7-17(16)9-12(15)14-11-4-5-11/h10-11,13H,3-9H2,1-2H3,(H,14,15). The fraction of sp³-hybridized carbons (Fsp3) is 0.917. The average molecular weight is 260 g/mol. The van der Waals surface area contributed by atoms with E-state index in [9.17, 15) is 9.00 Å². The molecule has 0 bridgehead atoms. The van der Waals surface area contributed by atoms with Gasteiger partial charge in [0.15, 0.2) is 0 Å². The van der Waals surface area contributed by atoms with Crippen LogP contribution in [0, 0.1) is 5.92 Å². The first-order valence-electron chi connectivity index (χ1n) is 6.43. The van der Waals surface area contributed by atoms with E-state index in [1.54, 1.807) is 0 Å². The van der Waals surface area contributed by atoms with Gasteiger partial charge < -0.3 is 10.6 Å². The molecule has 0 radical (unpaired) electrons. The Hall–Kier alpha value is -0.420. The van der Waals surface area contributed by atoms with E-state index in [2.05, 4.69) is 24.5 Å². The lowest BCUT2D eigenvalue weighted by molar-refractivity contribution is -0.118.